The highest BCUT2D eigenvalue weighted by atomic mass is 16.5. The van der Waals surface area contributed by atoms with Crippen LogP contribution in [-0.4, -0.2) is 42.2 Å². The Labute approximate surface area is 121 Å². The number of para-hydroxylation sites is 1. The third-order valence-electron chi connectivity index (χ3n) is 2.64. The average Bonchev–Trinajstić information content (AvgIpc) is 2.47. The molecule has 1 unspecified atom stereocenters. The second kappa shape index (κ2) is 7.88. The quantitative estimate of drug-likeness (QED) is 0.714. The summed E-state index contributed by atoms with van der Waals surface area (Å²) < 4.78 is 9.75. The number of carboxylic acid groups (broad SMARTS) is 1. The van der Waals surface area contributed by atoms with Gasteiger partial charge in [0.25, 0.3) is 5.91 Å². The Morgan fingerprint density at radius 2 is 1.86 bits per heavy atom. The van der Waals surface area contributed by atoms with E-state index in [4.69, 9.17) is 9.84 Å². The molecule has 0 bridgehead atoms. The lowest BCUT2D eigenvalue weighted by atomic mass is 10.2. The summed E-state index contributed by atoms with van der Waals surface area (Å²) in [6.45, 7) is 1.49. The van der Waals surface area contributed by atoms with Gasteiger partial charge < -0.3 is 19.9 Å². The zero-order valence-electron chi connectivity index (χ0n) is 11.7. The number of nitrogens with one attached hydrogen (secondary N) is 1. The lowest BCUT2D eigenvalue weighted by Gasteiger charge is -2.18. The molecule has 114 valence electrons. The molecule has 2 atom stereocenters. The lowest BCUT2D eigenvalue weighted by molar-refractivity contribution is -0.149. The number of hydrogen-bond acceptors (Lipinski definition) is 5. The van der Waals surface area contributed by atoms with E-state index in [-0.39, 0.29) is 0 Å². The number of rotatable bonds is 7. The van der Waals surface area contributed by atoms with Crippen molar-refractivity contribution in [3.8, 4) is 5.75 Å². The number of carbonyl (C=O) groups excluding carboxylic acids is 2. The fourth-order valence-corrected chi connectivity index (χ4v) is 1.50. The Balaban J connectivity index is 2.60. The van der Waals surface area contributed by atoms with Crippen molar-refractivity contribution in [2.24, 2.45) is 0 Å². The number of methoxy groups -OCH3 is 1. The maximum absolute atomic E-state index is 11.9. The summed E-state index contributed by atoms with van der Waals surface area (Å²) in [4.78, 5) is 34.0. The number of esters is 1. The van der Waals surface area contributed by atoms with Gasteiger partial charge in [-0.05, 0) is 19.1 Å². The molecular weight excluding hydrogens is 278 g/mol. The molecule has 0 aliphatic rings. The van der Waals surface area contributed by atoms with E-state index >= 15 is 0 Å². The van der Waals surface area contributed by atoms with Gasteiger partial charge in [-0.2, -0.15) is 0 Å². The van der Waals surface area contributed by atoms with Gasteiger partial charge in [0.05, 0.1) is 13.5 Å². The van der Waals surface area contributed by atoms with E-state index in [0.717, 1.165) is 7.11 Å². The molecule has 7 nitrogen and oxygen atoms in total. The molecule has 0 spiro atoms. The summed E-state index contributed by atoms with van der Waals surface area (Å²) in [5.74, 6) is -2.19. The maximum atomic E-state index is 11.9. The van der Waals surface area contributed by atoms with E-state index in [1.165, 1.54) is 6.92 Å². The smallest absolute Gasteiger partial charge is 0.326 e. The van der Waals surface area contributed by atoms with E-state index in [1.807, 2.05) is 0 Å². The highest BCUT2D eigenvalue weighted by Gasteiger charge is 2.26. The summed E-state index contributed by atoms with van der Waals surface area (Å²) in [7, 11) is 1.14. The van der Waals surface area contributed by atoms with Crippen molar-refractivity contribution in [3.63, 3.8) is 0 Å². The first-order valence-electron chi connectivity index (χ1n) is 6.25. The predicted octanol–water partition coefficient (Wildman–Crippen LogP) is 0.586. The Kier molecular flexibility index (Phi) is 6.19. The molecule has 0 aromatic heterocycles. The third-order valence-corrected chi connectivity index (χ3v) is 2.64. The highest BCUT2D eigenvalue weighted by molar-refractivity contribution is 5.88. The molecular formula is C14H17NO6. The van der Waals surface area contributed by atoms with Gasteiger partial charge in [0.15, 0.2) is 6.10 Å². The van der Waals surface area contributed by atoms with E-state index in [2.05, 4.69) is 10.1 Å². The summed E-state index contributed by atoms with van der Waals surface area (Å²) >= 11 is 0. The molecule has 1 aromatic carbocycles. The van der Waals surface area contributed by atoms with Crippen molar-refractivity contribution >= 4 is 17.8 Å². The normalized spacial score (nSPS) is 12.9. The topological polar surface area (TPSA) is 102 Å². The van der Waals surface area contributed by atoms with Crippen molar-refractivity contribution in [1.82, 2.24) is 5.32 Å². The van der Waals surface area contributed by atoms with Gasteiger partial charge in [-0.1, -0.05) is 18.2 Å². The van der Waals surface area contributed by atoms with Gasteiger partial charge in [-0.15, -0.1) is 0 Å². The lowest BCUT2D eigenvalue weighted by Crippen LogP contribution is -2.47. The molecule has 0 saturated carbocycles. The van der Waals surface area contributed by atoms with Crippen LogP contribution in [0.1, 0.15) is 13.3 Å². The minimum absolute atomic E-state index is 0.449. The van der Waals surface area contributed by atoms with E-state index < -0.39 is 36.4 Å². The standard InChI is InChI=1S/C14H17NO6/c1-9(21-10-6-4-3-5-7-10)13(17)15-11(14(18)19)8-12(16)20-2/h3-7,9,11H,8H2,1-2H3,(H,15,17)(H,18,19)/t9?,11-/m0/s1. The van der Waals surface area contributed by atoms with E-state index in [9.17, 15) is 14.4 Å². The summed E-state index contributed by atoms with van der Waals surface area (Å²) in [6, 6.07) is 7.29. The van der Waals surface area contributed by atoms with Crippen LogP contribution in [0.4, 0.5) is 0 Å². The summed E-state index contributed by atoms with van der Waals surface area (Å²) in [5, 5.41) is 11.2. The molecule has 1 amide bonds. The molecule has 1 aromatic rings. The van der Waals surface area contributed by atoms with Crippen molar-refractivity contribution in [1.29, 1.82) is 0 Å². The molecule has 21 heavy (non-hydrogen) atoms. The molecule has 0 heterocycles. The molecule has 1 rings (SSSR count). The second-order valence-corrected chi connectivity index (χ2v) is 4.25. The van der Waals surface area contributed by atoms with Crippen LogP contribution in [0.2, 0.25) is 0 Å². The van der Waals surface area contributed by atoms with Crippen molar-refractivity contribution in [3.05, 3.63) is 30.3 Å². The Hall–Kier alpha value is -2.57. The molecule has 0 radical (unpaired) electrons. The van der Waals surface area contributed by atoms with Crippen LogP contribution in [-0.2, 0) is 19.1 Å². The first-order chi connectivity index (χ1) is 9.93. The van der Waals surface area contributed by atoms with Crippen LogP contribution in [0.15, 0.2) is 30.3 Å². The van der Waals surface area contributed by atoms with Crippen LogP contribution >= 0.6 is 0 Å². The monoisotopic (exact) mass is 295 g/mol. The number of hydrogen-bond donors (Lipinski definition) is 2. The fraction of sp³-hybridized carbons (Fsp3) is 0.357. The Bertz CT molecular complexity index is 501. The number of ether oxygens (including phenoxy) is 2. The molecule has 0 fully saturated rings. The van der Waals surface area contributed by atoms with Crippen LogP contribution < -0.4 is 10.1 Å². The van der Waals surface area contributed by atoms with Crippen LogP contribution in [0, 0.1) is 0 Å². The molecule has 7 heteroatoms. The van der Waals surface area contributed by atoms with Crippen LogP contribution in [0.5, 0.6) is 5.75 Å². The van der Waals surface area contributed by atoms with Crippen molar-refractivity contribution < 1.29 is 29.0 Å². The van der Waals surface area contributed by atoms with Crippen LogP contribution in [0.3, 0.4) is 0 Å². The number of amides is 1. The predicted molar refractivity (Wildman–Crippen MR) is 72.7 cm³/mol. The van der Waals surface area contributed by atoms with Gasteiger partial charge in [0.2, 0.25) is 0 Å². The first kappa shape index (κ1) is 16.5. The highest BCUT2D eigenvalue weighted by Crippen LogP contribution is 2.11. The molecule has 0 saturated heterocycles. The number of carbonyl (C=O) groups is 3. The zero-order valence-corrected chi connectivity index (χ0v) is 11.7. The Morgan fingerprint density at radius 1 is 1.24 bits per heavy atom. The first-order valence-corrected chi connectivity index (χ1v) is 6.25. The summed E-state index contributed by atoms with van der Waals surface area (Å²) in [5.41, 5.74) is 0. The number of benzene rings is 1. The number of carboxylic acids is 1. The average molecular weight is 295 g/mol. The van der Waals surface area contributed by atoms with Gasteiger partial charge in [-0.25, -0.2) is 4.79 Å². The molecule has 0 aliphatic heterocycles. The minimum Gasteiger partial charge on any atom is -0.481 e. The fourth-order valence-electron chi connectivity index (χ4n) is 1.50. The molecule has 0 aliphatic carbocycles. The van der Waals surface area contributed by atoms with Gasteiger partial charge in [0.1, 0.15) is 11.8 Å². The summed E-state index contributed by atoms with van der Waals surface area (Å²) in [6.07, 6.45) is -1.35. The number of aliphatic carboxylic acids is 1. The van der Waals surface area contributed by atoms with Crippen molar-refractivity contribution in [2.75, 3.05) is 7.11 Å². The maximum Gasteiger partial charge on any atom is 0.326 e. The minimum atomic E-state index is -1.35. The van der Waals surface area contributed by atoms with E-state index in [1.54, 1.807) is 30.3 Å². The second-order valence-electron chi connectivity index (χ2n) is 4.25. The van der Waals surface area contributed by atoms with Gasteiger partial charge in [-0.3, -0.25) is 9.59 Å². The molecule has 2 N–H and O–H groups in total. The van der Waals surface area contributed by atoms with Gasteiger partial charge >= 0.3 is 11.9 Å². The SMILES string of the molecule is COC(=O)C[C@H](NC(=O)C(C)Oc1ccccc1)C(=O)O. The largest absolute Gasteiger partial charge is 0.481 e. The zero-order chi connectivity index (χ0) is 15.8. The van der Waals surface area contributed by atoms with Gasteiger partial charge in [0, 0.05) is 0 Å². The Morgan fingerprint density at radius 3 is 2.38 bits per heavy atom. The third kappa shape index (κ3) is 5.52. The van der Waals surface area contributed by atoms with Crippen LogP contribution in [0.25, 0.3) is 0 Å². The van der Waals surface area contributed by atoms with E-state index in [0.29, 0.717) is 5.75 Å². The van der Waals surface area contributed by atoms with Crippen molar-refractivity contribution in [2.45, 2.75) is 25.5 Å².